The van der Waals surface area contributed by atoms with Crippen molar-refractivity contribution in [1.29, 1.82) is 0 Å². The smallest absolute Gasteiger partial charge is 0.243 e. The van der Waals surface area contributed by atoms with Gasteiger partial charge in [-0.05, 0) is 37.0 Å². The summed E-state index contributed by atoms with van der Waals surface area (Å²) < 4.78 is 28.1. The first-order chi connectivity index (χ1) is 14.0. The van der Waals surface area contributed by atoms with Crippen molar-refractivity contribution in [3.8, 4) is 0 Å². The molecule has 1 N–H and O–H groups in total. The van der Waals surface area contributed by atoms with Crippen molar-refractivity contribution in [3.63, 3.8) is 0 Å². The van der Waals surface area contributed by atoms with Crippen LogP contribution in [0.5, 0.6) is 0 Å². The molecule has 0 spiro atoms. The van der Waals surface area contributed by atoms with E-state index in [2.05, 4.69) is 5.32 Å². The van der Waals surface area contributed by atoms with Crippen LogP contribution in [0.15, 0.2) is 59.5 Å². The molecule has 1 aliphatic heterocycles. The number of hydrogen-bond acceptors (Lipinski definition) is 4. The van der Waals surface area contributed by atoms with Crippen LogP contribution in [0, 0.1) is 6.92 Å². The number of carbonyl (C=O) groups is 1. The van der Waals surface area contributed by atoms with Gasteiger partial charge in [0.1, 0.15) is 0 Å². The lowest BCUT2D eigenvalue weighted by Gasteiger charge is -2.30. The minimum absolute atomic E-state index is 0.120. The van der Waals surface area contributed by atoms with E-state index in [-0.39, 0.29) is 17.3 Å². The summed E-state index contributed by atoms with van der Waals surface area (Å²) in [7, 11) is -3.75. The summed E-state index contributed by atoms with van der Waals surface area (Å²) in [5.74, 6) is -0.136. The normalized spacial score (nSPS) is 14.9. The molecule has 0 unspecified atom stereocenters. The van der Waals surface area contributed by atoms with Crippen molar-refractivity contribution >= 4 is 15.9 Å². The van der Waals surface area contributed by atoms with Gasteiger partial charge in [-0.25, -0.2) is 8.42 Å². The van der Waals surface area contributed by atoms with Crippen molar-refractivity contribution in [2.24, 2.45) is 0 Å². The molecule has 6 nitrogen and oxygen atoms in total. The molecule has 7 heteroatoms. The SMILES string of the molecule is Cc1ccccc1S(=O)(=O)N(CCCc1ccccc1)CC(=O)N1CCNCC1. The number of amides is 1. The summed E-state index contributed by atoms with van der Waals surface area (Å²) >= 11 is 0. The van der Waals surface area contributed by atoms with Crippen LogP contribution in [0.4, 0.5) is 0 Å². The lowest BCUT2D eigenvalue weighted by molar-refractivity contribution is -0.131. The highest BCUT2D eigenvalue weighted by atomic mass is 32.2. The van der Waals surface area contributed by atoms with E-state index in [1.165, 1.54) is 4.31 Å². The molecule has 2 aromatic rings. The zero-order valence-corrected chi connectivity index (χ0v) is 17.7. The second-order valence-electron chi connectivity index (χ2n) is 7.32. The monoisotopic (exact) mass is 415 g/mol. The molecule has 1 heterocycles. The summed E-state index contributed by atoms with van der Waals surface area (Å²) in [4.78, 5) is 14.8. The highest BCUT2D eigenvalue weighted by molar-refractivity contribution is 7.89. The lowest BCUT2D eigenvalue weighted by Crippen LogP contribution is -2.50. The van der Waals surface area contributed by atoms with Crippen molar-refractivity contribution < 1.29 is 13.2 Å². The van der Waals surface area contributed by atoms with Crippen molar-refractivity contribution in [3.05, 3.63) is 65.7 Å². The Balaban J connectivity index is 1.76. The molecule has 0 aromatic heterocycles. The second kappa shape index (κ2) is 10.0. The molecule has 29 heavy (non-hydrogen) atoms. The van der Waals surface area contributed by atoms with Crippen LogP contribution >= 0.6 is 0 Å². The maximum atomic E-state index is 13.4. The molecule has 0 atom stereocenters. The van der Waals surface area contributed by atoms with Crippen molar-refractivity contribution in [2.45, 2.75) is 24.7 Å². The molecule has 1 amide bonds. The second-order valence-corrected chi connectivity index (χ2v) is 9.23. The molecule has 0 bridgehead atoms. The number of nitrogens with zero attached hydrogens (tertiary/aromatic N) is 2. The number of carbonyl (C=O) groups excluding carboxylic acids is 1. The first-order valence-electron chi connectivity index (χ1n) is 10.1. The van der Waals surface area contributed by atoms with Crippen molar-refractivity contribution in [1.82, 2.24) is 14.5 Å². The molecule has 3 rings (SSSR count). The number of aryl methyl sites for hydroxylation is 2. The largest absolute Gasteiger partial charge is 0.339 e. The summed E-state index contributed by atoms with van der Waals surface area (Å²) in [6.45, 7) is 4.68. The summed E-state index contributed by atoms with van der Waals surface area (Å²) in [5.41, 5.74) is 1.85. The van der Waals surface area contributed by atoms with Gasteiger partial charge in [-0.2, -0.15) is 4.31 Å². The first-order valence-corrected chi connectivity index (χ1v) is 11.5. The standard InChI is InChI=1S/C22H29N3O3S/c1-19-8-5-6-12-21(19)29(27,28)25(15-7-11-20-9-3-2-4-10-20)18-22(26)24-16-13-23-14-17-24/h2-6,8-10,12,23H,7,11,13-18H2,1H3. The van der Waals surface area contributed by atoms with Gasteiger partial charge in [0, 0.05) is 32.7 Å². The predicted molar refractivity (Wildman–Crippen MR) is 114 cm³/mol. The van der Waals surface area contributed by atoms with E-state index in [0.717, 1.165) is 25.1 Å². The van der Waals surface area contributed by atoms with E-state index < -0.39 is 10.0 Å². The van der Waals surface area contributed by atoms with Gasteiger partial charge in [0.15, 0.2) is 0 Å². The maximum Gasteiger partial charge on any atom is 0.243 e. The molecular weight excluding hydrogens is 386 g/mol. The zero-order chi connectivity index (χ0) is 20.7. The number of sulfonamides is 1. The third kappa shape index (κ3) is 5.65. The predicted octanol–water partition coefficient (Wildman–Crippen LogP) is 2.05. The van der Waals surface area contributed by atoms with Crippen LogP contribution in [-0.4, -0.2) is 62.8 Å². The lowest BCUT2D eigenvalue weighted by atomic mass is 10.1. The Labute approximate surface area is 173 Å². The molecule has 0 aliphatic carbocycles. The molecule has 1 aliphatic rings. The Morgan fingerprint density at radius 3 is 2.38 bits per heavy atom. The van der Waals surface area contributed by atoms with Crippen LogP contribution in [0.2, 0.25) is 0 Å². The van der Waals surface area contributed by atoms with Crippen LogP contribution in [0.25, 0.3) is 0 Å². The van der Waals surface area contributed by atoms with E-state index in [9.17, 15) is 13.2 Å². The van der Waals surface area contributed by atoms with Crippen LogP contribution < -0.4 is 5.32 Å². The zero-order valence-electron chi connectivity index (χ0n) is 16.9. The van der Waals surface area contributed by atoms with Gasteiger partial charge in [-0.1, -0.05) is 48.5 Å². The minimum Gasteiger partial charge on any atom is -0.339 e. The Hall–Kier alpha value is -2.22. The number of benzene rings is 2. The quantitative estimate of drug-likeness (QED) is 0.716. The minimum atomic E-state index is -3.75. The highest BCUT2D eigenvalue weighted by Crippen LogP contribution is 2.20. The summed E-state index contributed by atoms with van der Waals surface area (Å²) in [6, 6.07) is 16.9. The van der Waals surface area contributed by atoms with Gasteiger partial charge >= 0.3 is 0 Å². The number of rotatable bonds is 8. The Morgan fingerprint density at radius 2 is 1.69 bits per heavy atom. The Kier molecular flexibility index (Phi) is 7.41. The molecule has 0 radical (unpaired) electrons. The van der Waals surface area contributed by atoms with Gasteiger partial charge in [0.2, 0.25) is 15.9 Å². The molecule has 156 valence electrons. The van der Waals surface area contributed by atoms with Gasteiger partial charge < -0.3 is 10.2 Å². The van der Waals surface area contributed by atoms with E-state index in [1.807, 2.05) is 36.4 Å². The van der Waals surface area contributed by atoms with E-state index in [4.69, 9.17) is 0 Å². The topological polar surface area (TPSA) is 69.7 Å². The highest BCUT2D eigenvalue weighted by Gasteiger charge is 2.29. The summed E-state index contributed by atoms with van der Waals surface area (Å²) in [5, 5.41) is 3.21. The van der Waals surface area contributed by atoms with Crippen LogP contribution in [0.3, 0.4) is 0 Å². The van der Waals surface area contributed by atoms with Gasteiger partial charge in [-0.15, -0.1) is 0 Å². The molecule has 0 saturated carbocycles. The number of nitrogens with one attached hydrogen (secondary N) is 1. The van der Waals surface area contributed by atoms with Crippen LogP contribution in [0.1, 0.15) is 17.5 Å². The van der Waals surface area contributed by atoms with E-state index >= 15 is 0 Å². The third-order valence-electron chi connectivity index (χ3n) is 5.21. The van der Waals surface area contributed by atoms with Gasteiger partial charge in [-0.3, -0.25) is 4.79 Å². The Morgan fingerprint density at radius 1 is 1.03 bits per heavy atom. The molecule has 2 aromatic carbocycles. The van der Waals surface area contributed by atoms with Gasteiger partial charge in [0.05, 0.1) is 11.4 Å². The van der Waals surface area contributed by atoms with Crippen LogP contribution in [-0.2, 0) is 21.2 Å². The van der Waals surface area contributed by atoms with Gasteiger partial charge in [0.25, 0.3) is 0 Å². The fourth-order valence-electron chi connectivity index (χ4n) is 3.54. The van der Waals surface area contributed by atoms with E-state index in [0.29, 0.717) is 31.6 Å². The fourth-order valence-corrected chi connectivity index (χ4v) is 5.19. The number of piperazine rings is 1. The fraction of sp³-hybridized carbons (Fsp3) is 0.409. The van der Waals surface area contributed by atoms with Crippen molar-refractivity contribution in [2.75, 3.05) is 39.3 Å². The average Bonchev–Trinajstić information content (AvgIpc) is 2.74. The molecule has 1 fully saturated rings. The number of hydrogen-bond donors (Lipinski definition) is 1. The summed E-state index contributed by atoms with van der Waals surface area (Å²) in [6.07, 6.45) is 1.42. The third-order valence-corrected chi connectivity index (χ3v) is 7.21. The Bertz CT molecular complexity index is 910. The first kappa shape index (κ1) is 21.5. The molecular formula is C22H29N3O3S. The average molecular weight is 416 g/mol. The maximum absolute atomic E-state index is 13.4. The van der Waals surface area contributed by atoms with E-state index in [1.54, 1.807) is 30.0 Å². The molecule has 1 saturated heterocycles.